The van der Waals surface area contributed by atoms with Crippen LogP contribution < -0.4 is 5.84 Å². The lowest BCUT2D eigenvalue weighted by Crippen LogP contribution is -1.91. The summed E-state index contributed by atoms with van der Waals surface area (Å²) >= 11 is 5.73. The van der Waals surface area contributed by atoms with Crippen LogP contribution in [0.1, 0.15) is 16.7 Å². The van der Waals surface area contributed by atoms with Crippen LogP contribution in [0.2, 0.25) is 5.15 Å². The molecule has 3 nitrogen and oxygen atoms in total. The predicted octanol–water partition coefficient (Wildman–Crippen LogP) is 2.62. The number of hydrogen-bond donors (Lipinski definition) is 1. The van der Waals surface area contributed by atoms with E-state index < -0.39 is 0 Å². The topological polar surface area (TPSA) is 51.3 Å². The molecule has 0 saturated carbocycles. The highest BCUT2D eigenvalue weighted by Gasteiger charge is 1.97. The quantitative estimate of drug-likeness (QED) is 0.391. The minimum atomic E-state index is 0.517. The summed E-state index contributed by atoms with van der Waals surface area (Å²) in [4.78, 5) is 4.05. The monoisotopic (exact) mass is 245 g/mol. The predicted molar refractivity (Wildman–Crippen MR) is 70.3 cm³/mol. The van der Waals surface area contributed by atoms with E-state index in [1.54, 1.807) is 18.5 Å². The average molecular weight is 246 g/mol. The second kappa shape index (κ2) is 5.46. The van der Waals surface area contributed by atoms with E-state index >= 15 is 0 Å². The van der Waals surface area contributed by atoms with Crippen molar-refractivity contribution in [2.45, 2.75) is 6.42 Å². The van der Waals surface area contributed by atoms with Gasteiger partial charge in [-0.3, -0.25) is 0 Å². The molecule has 0 spiro atoms. The number of rotatable bonds is 3. The summed E-state index contributed by atoms with van der Waals surface area (Å²) in [7, 11) is 0. The standard InChI is InChI=1S/C13H12ClN3/c14-13-6-5-12(8-16-13)7-10-1-3-11(4-2-10)9-17-15/h1-6,8-9H,7,15H2. The van der Waals surface area contributed by atoms with Gasteiger partial charge >= 0.3 is 0 Å². The molecule has 2 N–H and O–H groups in total. The van der Waals surface area contributed by atoms with Gasteiger partial charge in [-0.1, -0.05) is 41.9 Å². The van der Waals surface area contributed by atoms with Crippen LogP contribution in [0.15, 0.2) is 47.7 Å². The Balaban J connectivity index is 2.11. The summed E-state index contributed by atoms with van der Waals surface area (Å²) in [5.74, 6) is 5.08. The first-order valence-electron chi connectivity index (χ1n) is 5.20. The minimum Gasteiger partial charge on any atom is -0.323 e. The molecule has 0 unspecified atom stereocenters. The van der Waals surface area contributed by atoms with E-state index in [0.29, 0.717) is 5.15 Å². The van der Waals surface area contributed by atoms with Crippen molar-refractivity contribution in [2.75, 3.05) is 0 Å². The van der Waals surface area contributed by atoms with Crippen molar-refractivity contribution < 1.29 is 0 Å². The Labute approximate surface area is 105 Å². The number of nitrogens with zero attached hydrogens (tertiary/aromatic N) is 2. The highest BCUT2D eigenvalue weighted by Crippen LogP contribution is 2.11. The van der Waals surface area contributed by atoms with Crippen molar-refractivity contribution in [3.05, 3.63) is 64.4 Å². The Bertz CT molecular complexity index is 503. The molecule has 0 radical (unpaired) electrons. The molecular formula is C13H12ClN3. The normalized spacial score (nSPS) is 10.9. The van der Waals surface area contributed by atoms with Gasteiger partial charge in [-0.15, -0.1) is 0 Å². The largest absolute Gasteiger partial charge is 0.323 e. The number of halogens is 1. The zero-order chi connectivity index (χ0) is 12.1. The molecule has 4 heteroatoms. The summed E-state index contributed by atoms with van der Waals surface area (Å²) in [5, 5.41) is 4.00. The van der Waals surface area contributed by atoms with Gasteiger partial charge in [0.25, 0.3) is 0 Å². The number of hydrogen-bond acceptors (Lipinski definition) is 3. The fraction of sp³-hybridized carbons (Fsp3) is 0.0769. The molecule has 2 aromatic rings. The van der Waals surface area contributed by atoms with E-state index in [1.807, 2.05) is 30.3 Å². The number of aromatic nitrogens is 1. The Morgan fingerprint density at radius 3 is 2.41 bits per heavy atom. The summed E-state index contributed by atoms with van der Waals surface area (Å²) < 4.78 is 0. The van der Waals surface area contributed by atoms with Gasteiger partial charge in [0, 0.05) is 6.20 Å². The van der Waals surface area contributed by atoms with Gasteiger partial charge < -0.3 is 5.84 Å². The molecule has 0 amide bonds. The van der Waals surface area contributed by atoms with Crippen molar-refractivity contribution in [1.82, 2.24) is 4.98 Å². The highest BCUT2D eigenvalue weighted by atomic mass is 35.5. The Morgan fingerprint density at radius 2 is 1.82 bits per heavy atom. The number of hydrazone groups is 1. The number of benzene rings is 1. The lowest BCUT2D eigenvalue weighted by Gasteiger charge is -2.02. The molecule has 0 fully saturated rings. The first-order valence-corrected chi connectivity index (χ1v) is 5.58. The smallest absolute Gasteiger partial charge is 0.129 e. The number of pyridine rings is 1. The van der Waals surface area contributed by atoms with Gasteiger partial charge in [0.05, 0.1) is 6.21 Å². The molecule has 0 aliphatic heterocycles. The molecule has 1 aromatic heterocycles. The lowest BCUT2D eigenvalue weighted by molar-refractivity contribution is 1.14. The molecular weight excluding hydrogens is 234 g/mol. The molecule has 1 heterocycles. The van der Waals surface area contributed by atoms with Gasteiger partial charge in [0.15, 0.2) is 0 Å². The Kier molecular flexibility index (Phi) is 3.73. The molecule has 0 aliphatic rings. The second-order valence-corrected chi connectivity index (χ2v) is 4.07. The van der Waals surface area contributed by atoms with Crippen molar-refractivity contribution in [1.29, 1.82) is 0 Å². The Morgan fingerprint density at radius 1 is 1.12 bits per heavy atom. The van der Waals surface area contributed by atoms with Crippen molar-refractivity contribution in [3.8, 4) is 0 Å². The van der Waals surface area contributed by atoms with Crippen LogP contribution in [0.25, 0.3) is 0 Å². The van der Waals surface area contributed by atoms with Crippen molar-refractivity contribution in [2.24, 2.45) is 10.9 Å². The van der Waals surface area contributed by atoms with E-state index in [9.17, 15) is 0 Å². The summed E-state index contributed by atoms with van der Waals surface area (Å²) in [6.07, 6.45) is 4.25. The summed E-state index contributed by atoms with van der Waals surface area (Å²) in [6.45, 7) is 0. The summed E-state index contributed by atoms with van der Waals surface area (Å²) in [5.41, 5.74) is 3.34. The van der Waals surface area contributed by atoms with Crippen LogP contribution in [-0.2, 0) is 6.42 Å². The van der Waals surface area contributed by atoms with E-state index in [0.717, 1.165) is 17.5 Å². The first-order chi connectivity index (χ1) is 8.28. The van der Waals surface area contributed by atoms with Gasteiger partial charge in [0.2, 0.25) is 0 Å². The van der Waals surface area contributed by atoms with Crippen LogP contribution in [0.3, 0.4) is 0 Å². The van der Waals surface area contributed by atoms with Crippen molar-refractivity contribution in [3.63, 3.8) is 0 Å². The average Bonchev–Trinajstić information content (AvgIpc) is 2.35. The van der Waals surface area contributed by atoms with Gasteiger partial charge in [-0.2, -0.15) is 5.10 Å². The fourth-order valence-corrected chi connectivity index (χ4v) is 1.67. The maximum absolute atomic E-state index is 5.73. The minimum absolute atomic E-state index is 0.517. The van der Waals surface area contributed by atoms with E-state index in [1.165, 1.54) is 5.56 Å². The zero-order valence-corrected chi connectivity index (χ0v) is 9.93. The summed E-state index contributed by atoms with van der Waals surface area (Å²) in [6, 6.07) is 11.8. The molecule has 17 heavy (non-hydrogen) atoms. The van der Waals surface area contributed by atoms with Crippen LogP contribution in [0.5, 0.6) is 0 Å². The molecule has 0 saturated heterocycles. The van der Waals surface area contributed by atoms with Gasteiger partial charge in [-0.25, -0.2) is 4.98 Å². The van der Waals surface area contributed by atoms with Crippen LogP contribution in [0, 0.1) is 0 Å². The molecule has 1 aromatic carbocycles. The molecule has 2 rings (SSSR count). The highest BCUT2D eigenvalue weighted by molar-refractivity contribution is 6.29. The maximum atomic E-state index is 5.73. The first kappa shape index (κ1) is 11.6. The van der Waals surface area contributed by atoms with E-state index in [2.05, 4.69) is 10.1 Å². The SMILES string of the molecule is NN=Cc1ccc(Cc2ccc(Cl)nc2)cc1. The van der Waals surface area contributed by atoms with E-state index in [4.69, 9.17) is 17.4 Å². The maximum Gasteiger partial charge on any atom is 0.129 e. The third kappa shape index (κ3) is 3.29. The van der Waals surface area contributed by atoms with Gasteiger partial charge in [-0.05, 0) is 29.2 Å². The van der Waals surface area contributed by atoms with Crippen LogP contribution in [0.4, 0.5) is 0 Å². The third-order valence-corrected chi connectivity index (χ3v) is 2.62. The van der Waals surface area contributed by atoms with Crippen LogP contribution >= 0.6 is 11.6 Å². The van der Waals surface area contributed by atoms with Crippen molar-refractivity contribution >= 4 is 17.8 Å². The zero-order valence-electron chi connectivity index (χ0n) is 9.18. The van der Waals surface area contributed by atoms with E-state index in [-0.39, 0.29) is 0 Å². The molecule has 0 bridgehead atoms. The third-order valence-electron chi connectivity index (χ3n) is 2.40. The second-order valence-electron chi connectivity index (χ2n) is 3.69. The number of nitrogens with two attached hydrogens (primary N) is 1. The fourth-order valence-electron chi connectivity index (χ4n) is 1.55. The van der Waals surface area contributed by atoms with Crippen LogP contribution in [-0.4, -0.2) is 11.2 Å². The molecule has 86 valence electrons. The lowest BCUT2D eigenvalue weighted by atomic mass is 10.1. The molecule has 0 aliphatic carbocycles. The molecule has 0 atom stereocenters. The Hall–Kier alpha value is -1.87. The van der Waals surface area contributed by atoms with Gasteiger partial charge in [0.1, 0.15) is 5.15 Å².